The second-order valence-electron chi connectivity index (χ2n) is 1.67. The quantitative estimate of drug-likeness (QED) is 0.427. The van der Waals surface area contributed by atoms with E-state index in [1.807, 2.05) is 12.2 Å². The minimum absolute atomic E-state index is 0.0729. The average Bonchev–Trinajstić information content (AvgIpc) is 1.89. The molecular weight excluding hydrogens is 152 g/mol. The lowest BCUT2D eigenvalue weighted by Gasteiger charge is -2.09. The van der Waals surface area contributed by atoms with Gasteiger partial charge in [-0.05, 0) is 0 Å². The van der Waals surface area contributed by atoms with E-state index < -0.39 is 9.83 Å². The Bertz CT molecular complexity index is 162. The van der Waals surface area contributed by atoms with E-state index in [0.29, 0.717) is 0 Å². The molecule has 0 amide bonds. The van der Waals surface area contributed by atoms with E-state index in [0.717, 1.165) is 5.75 Å². The van der Waals surface area contributed by atoms with Gasteiger partial charge in [0.2, 0.25) is 0 Å². The number of hydrogen-bond donors (Lipinski definition) is 0. The van der Waals surface area contributed by atoms with Crippen LogP contribution in [0.5, 0.6) is 0 Å². The third-order valence-corrected chi connectivity index (χ3v) is 4.19. The summed E-state index contributed by atoms with van der Waals surface area (Å²) in [5.74, 6) is 0.872. The molecule has 1 nitrogen and oxygen atoms in total. The van der Waals surface area contributed by atoms with Crippen LogP contribution < -0.4 is 0 Å². The van der Waals surface area contributed by atoms with Crippen molar-refractivity contribution in [2.24, 2.45) is 0 Å². The van der Waals surface area contributed by atoms with Crippen LogP contribution in [0.1, 0.15) is 0 Å². The molecule has 0 aliphatic carbocycles. The van der Waals surface area contributed by atoms with Gasteiger partial charge in [0.1, 0.15) is 0 Å². The van der Waals surface area contributed by atoms with E-state index in [9.17, 15) is 4.21 Å². The molecule has 1 aliphatic rings. The Hall–Kier alpha value is -0.0200. The zero-order valence-corrected chi connectivity index (χ0v) is 6.58. The molecule has 1 heterocycles. The third-order valence-electron chi connectivity index (χ3n) is 1.06. The fourth-order valence-corrected chi connectivity index (χ4v) is 3.01. The third kappa shape index (κ3) is 1.69. The molecule has 0 saturated carbocycles. The molecule has 1 aliphatic heterocycles. The van der Waals surface area contributed by atoms with Gasteiger partial charge in [-0.1, -0.05) is 29.0 Å². The highest BCUT2D eigenvalue weighted by Gasteiger charge is 2.12. The highest BCUT2D eigenvalue weighted by molar-refractivity contribution is 8.69. The molecule has 0 aromatic rings. The van der Waals surface area contributed by atoms with Crippen molar-refractivity contribution in [3.8, 4) is 0 Å². The minimum Gasteiger partial charge on any atom is -0.247 e. The topological polar surface area (TPSA) is 17.1 Å². The molecule has 0 saturated heterocycles. The van der Waals surface area contributed by atoms with Gasteiger partial charge in [-0.2, -0.15) is 0 Å². The Morgan fingerprint density at radius 3 is 3.11 bits per heavy atom. The molecule has 0 aromatic carbocycles. The molecule has 0 bridgehead atoms. The van der Waals surface area contributed by atoms with Crippen LogP contribution in [0.2, 0.25) is 0 Å². The number of rotatable bonds is 1. The van der Waals surface area contributed by atoms with Gasteiger partial charge in [-0.25, -0.2) is 4.21 Å². The van der Waals surface area contributed by atoms with Crippen molar-refractivity contribution in [1.29, 1.82) is 0 Å². The van der Waals surface area contributed by atoms with Crippen molar-refractivity contribution in [1.82, 2.24) is 0 Å². The molecule has 0 N–H and O–H groups in total. The standard InChI is InChI=1S/C6H8OS2/c1-2-6-4-3-5-8-9(6)7/h2-4,6H,1,5H2/t6-,9-/m0/s1. The van der Waals surface area contributed by atoms with E-state index >= 15 is 0 Å². The lowest BCUT2D eigenvalue weighted by Crippen LogP contribution is -2.08. The maximum absolute atomic E-state index is 11.0. The molecule has 0 unspecified atom stereocenters. The van der Waals surface area contributed by atoms with Crippen molar-refractivity contribution >= 4 is 20.6 Å². The van der Waals surface area contributed by atoms with Crippen molar-refractivity contribution in [3.05, 3.63) is 24.8 Å². The monoisotopic (exact) mass is 160 g/mol. The van der Waals surface area contributed by atoms with Gasteiger partial charge in [-0.3, -0.25) is 0 Å². The molecule has 0 fully saturated rings. The first kappa shape index (κ1) is 7.09. The highest BCUT2D eigenvalue weighted by atomic mass is 33.1. The SMILES string of the molecule is C=C[C@H]1C=CCS[S@@]1=O. The molecule has 0 aromatic heterocycles. The summed E-state index contributed by atoms with van der Waals surface area (Å²) < 4.78 is 11.0. The predicted octanol–water partition coefficient (Wildman–Crippen LogP) is 1.51. The maximum Gasteiger partial charge on any atom is 0.0915 e. The van der Waals surface area contributed by atoms with Crippen LogP contribution in [0.4, 0.5) is 0 Å². The summed E-state index contributed by atoms with van der Waals surface area (Å²) >= 11 is 0. The van der Waals surface area contributed by atoms with Gasteiger partial charge in [-0.15, -0.1) is 6.58 Å². The fraction of sp³-hybridized carbons (Fsp3) is 0.333. The van der Waals surface area contributed by atoms with Gasteiger partial charge in [0.05, 0.1) is 15.1 Å². The highest BCUT2D eigenvalue weighted by Crippen LogP contribution is 2.19. The van der Waals surface area contributed by atoms with Crippen LogP contribution in [-0.4, -0.2) is 15.2 Å². The molecule has 2 atom stereocenters. The Morgan fingerprint density at radius 1 is 1.89 bits per heavy atom. The van der Waals surface area contributed by atoms with Gasteiger partial charge in [0.15, 0.2) is 0 Å². The predicted molar refractivity (Wildman–Crippen MR) is 43.7 cm³/mol. The molecule has 1 rings (SSSR count). The summed E-state index contributed by atoms with van der Waals surface area (Å²) in [7, 11) is 0.699. The zero-order chi connectivity index (χ0) is 6.69. The van der Waals surface area contributed by atoms with Gasteiger partial charge < -0.3 is 0 Å². The maximum atomic E-state index is 11.0. The molecule has 3 heteroatoms. The van der Waals surface area contributed by atoms with Crippen LogP contribution >= 0.6 is 10.8 Å². The zero-order valence-electron chi connectivity index (χ0n) is 4.95. The van der Waals surface area contributed by atoms with Crippen molar-refractivity contribution in [2.75, 3.05) is 5.75 Å². The van der Waals surface area contributed by atoms with Crippen LogP contribution in [0.25, 0.3) is 0 Å². The molecule has 0 spiro atoms. The lowest BCUT2D eigenvalue weighted by molar-refractivity contribution is 0.690. The van der Waals surface area contributed by atoms with E-state index in [1.54, 1.807) is 6.08 Å². The van der Waals surface area contributed by atoms with Crippen LogP contribution in [-0.2, 0) is 9.83 Å². The second kappa shape index (κ2) is 3.22. The minimum atomic E-state index is -0.766. The Balaban J connectivity index is 2.67. The Labute approximate surface area is 61.1 Å². The Morgan fingerprint density at radius 2 is 2.67 bits per heavy atom. The molecule has 50 valence electrons. The fourth-order valence-electron chi connectivity index (χ4n) is 0.596. The first-order chi connectivity index (χ1) is 4.34. The average molecular weight is 160 g/mol. The number of hydrogen-bond acceptors (Lipinski definition) is 2. The summed E-state index contributed by atoms with van der Waals surface area (Å²) in [4.78, 5) is 0. The first-order valence-electron chi connectivity index (χ1n) is 2.67. The van der Waals surface area contributed by atoms with Crippen LogP contribution in [0.3, 0.4) is 0 Å². The van der Waals surface area contributed by atoms with Crippen LogP contribution in [0, 0.1) is 0 Å². The van der Waals surface area contributed by atoms with E-state index in [2.05, 4.69) is 6.58 Å². The molecule has 9 heavy (non-hydrogen) atoms. The van der Waals surface area contributed by atoms with Gasteiger partial charge in [0, 0.05) is 5.75 Å². The van der Waals surface area contributed by atoms with Crippen LogP contribution in [0.15, 0.2) is 24.8 Å². The van der Waals surface area contributed by atoms with Crippen molar-refractivity contribution < 1.29 is 4.21 Å². The summed E-state index contributed by atoms with van der Waals surface area (Å²) in [5.41, 5.74) is 0. The van der Waals surface area contributed by atoms with E-state index in [4.69, 9.17) is 0 Å². The second-order valence-corrected chi connectivity index (χ2v) is 5.00. The van der Waals surface area contributed by atoms with Gasteiger partial charge in [0.25, 0.3) is 0 Å². The Kier molecular flexibility index (Phi) is 2.54. The summed E-state index contributed by atoms with van der Waals surface area (Å²) in [6, 6.07) is 0. The van der Waals surface area contributed by atoms with Crippen molar-refractivity contribution in [3.63, 3.8) is 0 Å². The molecular formula is C6H8OS2. The largest absolute Gasteiger partial charge is 0.247 e. The summed E-state index contributed by atoms with van der Waals surface area (Å²) in [6.07, 6.45) is 5.69. The first-order valence-corrected chi connectivity index (χ1v) is 5.39. The van der Waals surface area contributed by atoms with E-state index in [-0.39, 0.29) is 5.25 Å². The van der Waals surface area contributed by atoms with Gasteiger partial charge >= 0.3 is 0 Å². The summed E-state index contributed by atoms with van der Waals surface area (Å²) in [5, 5.41) is 0.0729. The van der Waals surface area contributed by atoms with E-state index in [1.165, 1.54) is 10.8 Å². The summed E-state index contributed by atoms with van der Waals surface area (Å²) in [6.45, 7) is 3.58. The molecule has 0 radical (unpaired) electrons. The van der Waals surface area contributed by atoms with Crippen molar-refractivity contribution in [2.45, 2.75) is 5.25 Å². The smallest absolute Gasteiger partial charge is 0.0915 e. The lowest BCUT2D eigenvalue weighted by atomic mass is 10.4. The normalized spacial score (nSPS) is 34.2.